The highest BCUT2D eigenvalue weighted by Gasteiger charge is 2.26. The number of ether oxygens (including phenoxy) is 1. The minimum absolute atomic E-state index is 0.0102. The van der Waals surface area contributed by atoms with Gasteiger partial charge in [0, 0.05) is 5.02 Å². The van der Waals surface area contributed by atoms with Gasteiger partial charge in [0.15, 0.2) is 0 Å². The van der Waals surface area contributed by atoms with Crippen LogP contribution in [0.2, 0.25) is 5.02 Å². The maximum atomic E-state index is 12.2. The van der Waals surface area contributed by atoms with Gasteiger partial charge in [0.1, 0.15) is 0 Å². The second-order valence-electron chi connectivity index (χ2n) is 5.91. The number of amides is 1. The second-order valence-corrected chi connectivity index (χ2v) is 6.35. The van der Waals surface area contributed by atoms with Crippen LogP contribution < -0.4 is 5.32 Å². The molecule has 0 aromatic heterocycles. The number of piperidine rings is 1. The van der Waals surface area contributed by atoms with Gasteiger partial charge in [-0.15, -0.1) is 0 Å². The van der Waals surface area contributed by atoms with Crippen molar-refractivity contribution < 1.29 is 14.3 Å². The van der Waals surface area contributed by atoms with E-state index in [0.717, 1.165) is 31.5 Å². The van der Waals surface area contributed by atoms with E-state index in [-0.39, 0.29) is 23.8 Å². The molecule has 1 fully saturated rings. The van der Waals surface area contributed by atoms with Gasteiger partial charge in [-0.25, -0.2) is 0 Å². The smallest absolute Gasteiger partial charge is 0.308 e. The summed E-state index contributed by atoms with van der Waals surface area (Å²) < 4.78 is 4.77. The van der Waals surface area contributed by atoms with Crippen molar-refractivity contribution >= 4 is 23.5 Å². The quantitative estimate of drug-likeness (QED) is 0.838. The maximum absolute atomic E-state index is 12.2. The number of esters is 1. The Labute approximate surface area is 141 Å². The van der Waals surface area contributed by atoms with Crippen LogP contribution in [0.3, 0.4) is 0 Å². The normalized spacial score (nSPS) is 17.5. The highest BCUT2D eigenvalue weighted by molar-refractivity contribution is 6.30. The maximum Gasteiger partial charge on any atom is 0.308 e. The third-order valence-corrected chi connectivity index (χ3v) is 4.49. The third-order valence-electron chi connectivity index (χ3n) is 4.24. The topological polar surface area (TPSA) is 58.6 Å². The summed E-state index contributed by atoms with van der Waals surface area (Å²) in [5, 5.41) is 3.67. The summed E-state index contributed by atoms with van der Waals surface area (Å²) in [7, 11) is 1.42. The zero-order valence-electron chi connectivity index (χ0n) is 13.5. The monoisotopic (exact) mass is 338 g/mol. The van der Waals surface area contributed by atoms with E-state index in [2.05, 4.69) is 10.2 Å². The van der Waals surface area contributed by atoms with E-state index >= 15 is 0 Å². The average molecular weight is 339 g/mol. The third kappa shape index (κ3) is 5.22. The summed E-state index contributed by atoms with van der Waals surface area (Å²) in [5.74, 6) is -0.193. The van der Waals surface area contributed by atoms with E-state index in [1.165, 1.54) is 7.11 Å². The van der Waals surface area contributed by atoms with Gasteiger partial charge in [-0.2, -0.15) is 0 Å². The van der Waals surface area contributed by atoms with Crippen molar-refractivity contribution in [1.29, 1.82) is 0 Å². The molecule has 0 spiro atoms. The van der Waals surface area contributed by atoms with Crippen molar-refractivity contribution in [3.8, 4) is 0 Å². The SMILES string of the molecule is COC(=O)C1CCN(CC(=O)N[C@H](C)c2ccc(Cl)cc2)CC1. The molecule has 1 aromatic carbocycles. The van der Waals surface area contributed by atoms with E-state index in [1.807, 2.05) is 31.2 Å². The van der Waals surface area contributed by atoms with Crippen molar-refractivity contribution in [3.63, 3.8) is 0 Å². The number of hydrogen-bond acceptors (Lipinski definition) is 4. The lowest BCUT2D eigenvalue weighted by atomic mass is 9.97. The fourth-order valence-electron chi connectivity index (χ4n) is 2.82. The molecular formula is C17H23ClN2O3. The van der Waals surface area contributed by atoms with Gasteiger partial charge in [0.2, 0.25) is 5.91 Å². The fraction of sp³-hybridized carbons (Fsp3) is 0.529. The molecule has 1 N–H and O–H groups in total. The molecule has 23 heavy (non-hydrogen) atoms. The molecule has 0 aliphatic carbocycles. The Bertz CT molecular complexity index is 539. The Morgan fingerprint density at radius 2 is 1.91 bits per heavy atom. The number of likely N-dealkylation sites (tertiary alicyclic amines) is 1. The molecule has 2 rings (SSSR count). The van der Waals surface area contributed by atoms with Crippen LogP contribution in [0.25, 0.3) is 0 Å². The summed E-state index contributed by atoms with van der Waals surface area (Å²) in [5.41, 5.74) is 1.02. The molecular weight excluding hydrogens is 316 g/mol. The van der Waals surface area contributed by atoms with Crippen molar-refractivity contribution in [2.24, 2.45) is 5.92 Å². The molecule has 1 aliphatic rings. The number of benzene rings is 1. The lowest BCUT2D eigenvalue weighted by Gasteiger charge is -2.30. The standard InChI is InChI=1S/C17H23ClN2O3/c1-12(13-3-5-15(18)6-4-13)19-16(21)11-20-9-7-14(8-10-20)17(22)23-2/h3-6,12,14H,7-11H2,1-2H3,(H,19,21)/t12-/m1/s1. The molecule has 126 valence electrons. The molecule has 1 saturated heterocycles. The summed E-state index contributed by atoms with van der Waals surface area (Å²) in [6.07, 6.45) is 1.49. The van der Waals surface area contributed by atoms with Crippen molar-refractivity contribution in [2.75, 3.05) is 26.7 Å². The number of halogens is 1. The van der Waals surface area contributed by atoms with Crippen LogP contribution in [-0.4, -0.2) is 43.5 Å². The summed E-state index contributed by atoms with van der Waals surface area (Å²) in [6.45, 7) is 3.78. The number of carbonyl (C=O) groups is 2. The van der Waals surface area contributed by atoms with Crippen LogP contribution >= 0.6 is 11.6 Å². The molecule has 1 atom stereocenters. The summed E-state index contributed by atoms with van der Waals surface area (Å²) in [6, 6.07) is 7.39. The largest absolute Gasteiger partial charge is 0.469 e. The van der Waals surface area contributed by atoms with Crippen molar-refractivity contribution in [3.05, 3.63) is 34.9 Å². The molecule has 1 aromatic rings. The van der Waals surface area contributed by atoms with Crippen LogP contribution in [0.5, 0.6) is 0 Å². The van der Waals surface area contributed by atoms with Crippen LogP contribution in [0.4, 0.5) is 0 Å². The number of nitrogens with one attached hydrogen (secondary N) is 1. The van der Waals surface area contributed by atoms with Gasteiger partial charge < -0.3 is 10.1 Å². The first-order valence-electron chi connectivity index (χ1n) is 7.84. The zero-order valence-corrected chi connectivity index (χ0v) is 14.3. The summed E-state index contributed by atoms with van der Waals surface area (Å²) >= 11 is 5.87. The van der Waals surface area contributed by atoms with Crippen molar-refractivity contribution in [1.82, 2.24) is 10.2 Å². The Morgan fingerprint density at radius 3 is 2.48 bits per heavy atom. The number of nitrogens with zero attached hydrogens (tertiary/aromatic N) is 1. The Hall–Kier alpha value is -1.59. The lowest BCUT2D eigenvalue weighted by molar-refractivity contribution is -0.147. The molecule has 5 nitrogen and oxygen atoms in total. The van der Waals surface area contributed by atoms with Gasteiger partial charge in [0.05, 0.1) is 25.6 Å². The molecule has 0 unspecified atom stereocenters. The number of methoxy groups -OCH3 is 1. The minimum Gasteiger partial charge on any atom is -0.469 e. The molecule has 1 aliphatic heterocycles. The highest BCUT2D eigenvalue weighted by atomic mass is 35.5. The van der Waals surface area contributed by atoms with Gasteiger partial charge >= 0.3 is 5.97 Å². The van der Waals surface area contributed by atoms with Crippen LogP contribution in [0.15, 0.2) is 24.3 Å². The Morgan fingerprint density at radius 1 is 1.30 bits per heavy atom. The molecule has 6 heteroatoms. The molecule has 0 bridgehead atoms. The van der Waals surface area contributed by atoms with E-state index in [9.17, 15) is 9.59 Å². The van der Waals surface area contributed by atoms with E-state index in [4.69, 9.17) is 16.3 Å². The van der Waals surface area contributed by atoms with E-state index in [0.29, 0.717) is 11.6 Å². The van der Waals surface area contributed by atoms with Gasteiger partial charge in [0.25, 0.3) is 0 Å². The summed E-state index contributed by atoms with van der Waals surface area (Å²) in [4.78, 5) is 25.7. The first kappa shape index (κ1) is 17.8. The molecule has 1 amide bonds. The minimum atomic E-state index is -0.148. The Balaban J connectivity index is 1.77. The average Bonchev–Trinajstić information content (AvgIpc) is 2.55. The van der Waals surface area contributed by atoms with Gasteiger partial charge in [-0.1, -0.05) is 23.7 Å². The first-order chi connectivity index (χ1) is 11.0. The fourth-order valence-corrected chi connectivity index (χ4v) is 2.94. The predicted molar refractivity (Wildman–Crippen MR) is 89.2 cm³/mol. The van der Waals surface area contributed by atoms with Crippen molar-refractivity contribution in [2.45, 2.75) is 25.8 Å². The highest BCUT2D eigenvalue weighted by Crippen LogP contribution is 2.19. The Kier molecular flexibility index (Phi) is 6.42. The molecule has 0 radical (unpaired) electrons. The zero-order chi connectivity index (χ0) is 16.8. The molecule has 0 saturated carbocycles. The molecule has 1 heterocycles. The lowest BCUT2D eigenvalue weighted by Crippen LogP contribution is -2.43. The number of rotatable bonds is 5. The number of carbonyl (C=O) groups excluding carboxylic acids is 2. The van der Waals surface area contributed by atoms with E-state index in [1.54, 1.807) is 0 Å². The van der Waals surface area contributed by atoms with Crippen LogP contribution in [0, 0.1) is 5.92 Å². The number of hydrogen-bond donors (Lipinski definition) is 1. The van der Waals surface area contributed by atoms with E-state index < -0.39 is 0 Å². The second kappa shape index (κ2) is 8.31. The predicted octanol–water partition coefficient (Wildman–Crippen LogP) is 2.40. The van der Waals surface area contributed by atoms with Gasteiger partial charge in [-0.05, 0) is 50.6 Å². The van der Waals surface area contributed by atoms with Crippen LogP contribution in [0.1, 0.15) is 31.4 Å². The first-order valence-corrected chi connectivity index (χ1v) is 8.22. The van der Waals surface area contributed by atoms with Gasteiger partial charge in [-0.3, -0.25) is 14.5 Å². The van der Waals surface area contributed by atoms with Crippen LogP contribution in [-0.2, 0) is 14.3 Å².